The minimum absolute atomic E-state index is 0.138. The Morgan fingerprint density at radius 3 is 2.54 bits per heavy atom. The van der Waals surface area contributed by atoms with Crippen LogP contribution in [-0.4, -0.2) is 48.3 Å². The van der Waals surface area contributed by atoms with E-state index in [4.69, 9.17) is 16.3 Å². The highest BCUT2D eigenvalue weighted by atomic mass is 32.2. The molecule has 0 aliphatic carbocycles. The molecule has 0 fully saturated rings. The Bertz CT molecular complexity index is 1850. The van der Waals surface area contributed by atoms with E-state index >= 15 is 0 Å². The van der Waals surface area contributed by atoms with Gasteiger partial charge in [0.2, 0.25) is 15.9 Å². The summed E-state index contributed by atoms with van der Waals surface area (Å²) in [5.74, 6) is 5.85. The number of benzene rings is 3. The first kappa shape index (κ1) is 32.9. The number of amides is 1. The number of fused-ring (bicyclic) bond motifs is 1. The first-order valence-electron chi connectivity index (χ1n) is 15.1. The van der Waals surface area contributed by atoms with Gasteiger partial charge >= 0.3 is 0 Å². The van der Waals surface area contributed by atoms with Crippen molar-refractivity contribution < 1.29 is 17.9 Å². The molecule has 1 aliphatic heterocycles. The molecule has 4 aromatic rings. The lowest BCUT2D eigenvalue weighted by Crippen LogP contribution is -2.38. The average molecular weight is 644 g/mol. The minimum atomic E-state index is -3.82. The molecule has 3 aromatic carbocycles. The van der Waals surface area contributed by atoms with Crippen LogP contribution in [0.4, 0.5) is 17.1 Å². The number of carbonyl (C=O) groups is 1. The number of aryl methyl sites for hydroxylation is 1. The number of nitrogen functional groups attached to an aromatic ring is 1. The molecule has 2 heterocycles. The lowest BCUT2D eigenvalue weighted by molar-refractivity contribution is -0.124. The van der Waals surface area contributed by atoms with Crippen molar-refractivity contribution in [3.63, 3.8) is 0 Å². The molecule has 0 radical (unpaired) electrons. The van der Waals surface area contributed by atoms with Crippen molar-refractivity contribution in [2.24, 2.45) is 11.3 Å². The number of hydrogen-bond donors (Lipinski definition) is 3. The van der Waals surface area contributed by atoms with E-state index in [9.17, 15) is 13.2 Å². The van der Waals surface area contributed by atoms with Gasteiger partial charge in [0.25, 0.3) is 0 Å². The molecule has 0 spiro atoms. The Kier molecular flexibility index (Phi) is 9.34. The number of rotatable bonds is 9. The van der Waals surface area contributed by atoms with Gasteiger partial charge in [-0.25, -0.2) is 24.2 Å². The zero-order valence-corrected chi connectivity index (χ0v) is 27.6. The number of aromatic nitrogens is 2. The predicted octanol–water partition coefficient (Wildman–Crippen LogP) is 4.76. The number of hydrogen-bond acceptors (Lipinski definition) is 9. The lowest BCUT2D eigenvalue weighted by atomic mass is 9.69. The van der Waals surface area contributed by atoms with Crippen molar-refractivity contribution in [2.75, 3.05) is 35.8 Å². The summed E-state index contributed by atoms with van der Waals surface area (Å²) in [5, 5.41) is 4.55. The number of carbonyl (C=O) groups excluding carboxylic acids is 1. The number of nitrogens with one attached hydrogen (secondary N) is 1. The second-order valence-corrected chi connectivity index (χ2v) is 14.0. The highest BCUT2D eigenvalue weighted by Gasteiger charge is 2.41. The summed E-state index contributed by atoms with van der Waals surface area (Å²) in [6.07, 6.45) is 4.49. The molecule has 5 rings (SSSR count). The second kappa shape index (κ2) is 13.1. The van der Waals surface area contributed by atoms with Crippen LogP contribution < -0.4 is 26.6 Å². The molecule has 1 aliphatic rings. The maximum absolute atomic E-state index is 14.0. The quantitative estimate of drug-likeness (QED) is 0.133. The number of para-hydroxylation sites is 1. The van der Waals surface area contributed by atoms with Crippen LogP contribution in [0.25, 0.3) is 0 Å². The molecule has 1 aromatic heterocycles. The molecule has 11 nitrogen and oxygen atoms in total. The van der Waals surface area contributed by atoms with E-state index in [0.29, 0.717) is 29.4 Å². The highest BCUT2D eigenvalue weighted by Crippen LogP contribution is 2.46. The van der Waals surface area contributed by atoms with Gasteiger partial charge in [0.05, 0.1) is 34.9 Å². The van der Waals surface area contributed by atoms with Crippen LogP contribution in [0.3, 0.4) is 0 Å². The van der Waals surface area contributed by atoms with Gasteiger partial charge < -0.3 is 20.8 Å². The Balaban J connectivity index is 1.60. The van der Waals surface area contributed by atoms with E-state index in [-0.39, 0.29) is 30.5 Å². The van der Waals surface area contributed by atoms with Crippen LogP contribution in [-0.2, 0) is 21.4 Å². The summed E-state index contributed by atoms with van der Waals surface area (Å²) in [6, 6.07) is 16.5. The minimum Gasteiger partial charge on any atom is -0.491 e. The third kappa shape index (κ3) is 6.28. The van der Waals surface area contributed by atoms with Crippen LogP contribution >= 0.6 is 0 Å². The number of anilines is 3. The highest BCUT2D eigenvalue weighted by molar-refractivity contribution is 7.89. The van der Waals surface area contributed by atoms with Crippen molar-refractivity contribution in [1.82, 2.24) is 14.3 Å². The van der Waals surface area contributed by atoms with Crippen LogP contribution in [0, 0.1) is 19.3 Å². The number of nitrogens with zero attached hydrogens (tertiary/aromatic N) is 4. The molecule has 0 saturated carbocycles. The normalized spacial score (nSPS) is 15.3. The summed E-state index contributed by atoms with van der Waals surface area (Å²) in [5.41, 5.74) is 11.6. The summed E-state index contributed by atoms with van der Waals surface area (Å²) in [4.78, 5) is 22.2. The van der Waals surface area contributed by atoms with E-state index in [0.717, 1.165) is 27.8 Å². The largest absolute Gasteiger partial charge is 0.491 e. The van der Waals surface area contributed by atoms with Gasteiger partial charge in [-0.3, -0.25) is 4.79 Å². The van der Waals surface area contributed by atoms with E-state index in [1.54, 1.807) is 41.7 Å². The fourth-order valence-corrected chi connectivity index (χ4v) is 7.46. The molecule has 1 unspecified atom stereocenters. The third-order valence-electron chi connectivity index (χ3n) is 8.74. The topological polar surface area (TPSA) is 157 Å². The first-order chi connectivity index (χ1) is 21.9. The van der Waals surface area contributed by atoms with Gasteiger partial charge in [-0.1, -0.05) is 50.2 Å². The van der Waals surface area contributed by atoms with Crippen molar-refractivity contribution >= 4 is 33.0 Å². The Morgan fingerprint density at radius 2 is 1.83 bits per heavy atom. The van der Waals surface area contributed by atoms with E-state index in [1.807, 2.05) is 65.0 Å². The fraction of sp³-hybridized carbons (Fsp3) is 0.324. The summed E-state index contributed by atoms with van der Waals surface area (Å²) >= 11 is 0. The molecule has 1 amide bonds. The van der Waals surface area contributed by atoms with Gasteiger partial charge in [-0.15, -0.1) is 0 Å². The molecule has 0 saturated heterocycles. The monoisotopic (exact) mass is 643 g/mol. The maximum atomic E-state index is 14.0. The molecule has 1 atom stereocenters. The fourth-order valence-electron chi connectivity index (χ4n) is 5.93. The van der Waals surface area contributed by atoms with Gasteiger partial charge in [0.1, 0.15) is 23.6 Å². The second-order valence-electron chi connectivity index (χ2n) is 12.1. The summed E-state index contributed by atoms with van der Waals surface area (Å²) < 4.78 is 34.7. The summed E-state index contributed by atoms with van der Waals surface area (Å²) in [7, 11) is -3.82. The molecule has 12 heteroatoms. The van der Waals surface area contributed by atoms with Crippen molar-refractivity contribution in [3.05, 3.63) is 101 Å². The van der Waals surface area contributed by atoms with Crippen LogP contribution in [0.2, 0.25) is 0 Å². The lowest BCUT2D eigenvalue weighted by Gasteiger charge is -2.36. The van der Waals surface area contributed by atoms with Crippen molar-refractivity contribution in [1.29, 1.82) is 0 Å². The first-order valence-corrected chi connectivity index (χ1v) is 16.6. The van der Waals surface area contributed by atoms with E-state index < -0.39 is 21.4 Å². The molecular weight excluding hydrogens is 602 g/mol. The summed E-state index contributed by atoms with van der Waals surface area (Å²) in [6.45, 7) is 10.7. The van der Waals surface area contributed by atoms with Crippen LogP contribution in [0.5, 0.6) is 5.75 Å². The van der Waals surface area contributed by atoms with Crippen molar-refractivity contribution in [2.45, 2.75) is 52.0 Å². The molecular formula is C34H41N7O4S. The average Bonchev–Trinajstić information content (AvgIpc) is 3.16. The van der Waals surface area contributed by atoms with Gasteiger partial charge in [0.15, 0.2) is 0 Å². The van der Waals surface area contributed by atoms with Crippen LogP contribution in [0.1, 0.15) is 54.5 Å². The van der Waals surface area contributed by atoms with Gasteiger partial charge in [-0.05, 0) is 66.8 Å². The number of ether oxygens (including phenoxy) is 1. The zero-order chi connectivity index (χ0) is 33.2. The standard InChI is InChI=1S/C34H41N7O4S/c1-6-41(36)28-14-13-27(23(3)32(28)35)31(34(4,5)33(42)39-26-18-37-21-38-19-26)24-12-11-22(2)25(17-24)20-40-15-16-45-29-9-7-8-10-30(29)46(40,43)44/h7-14,17-19,21,31H,6,15-16,20,35-36H2,1-5H3,(H,39,42). The van der Waals surface area contributed by atoms with Gasteiger partial charge in [-0.2, -0.15) is 4.31 Å². The maximum Gasteiger partial charge on any atom is 0.247 e. The number of nitrogens with two attached hydrogens (primary N) is 2. The third-order valence-corrected chi connectivity index (χ3v) is 10.6. The zero-order valence-electron chi connectivity index (χ0n) is 26.8. The number of sulfonamides is 1. The van der Waals surface area contributed by atoms with E-state index in [1.165, 1.54) is 10.6 Å². The van der Waals surface area contributed by atoms with Crippen molar-refractivity contribution in [3.8, 4) is 5.75 Å². The molecule has 242 valence electrons. The molecule has 5 N–H and O–H groups in total. The van der Waals surface area contributed by atoms with E-state index in [2.05, 4.69) is 15.3 Å². The smallest absolute Gasteiger partial charge is 0.247 e. The molecule has 46 heavy (non-hydrogen) atoms. The van der Waals surface area contributed by atoms with Crippen LogP contribution in [0.15, 0.2) is 78.2 Å². The Morgan fingerprint density at radius 1 is 1.11 bits per heavy atom. The SMILES string of the molecule is CCN(N)c1ccc(C(c2ccc(C)c(CN3CCOc4ccccc4S3(=O)=O)c2)C(C)(C)C(=O)Nc2cncnc2)c(C)c1N. The Hall–Kier alpha value is -4.52. The predicted molar refractivity (Wildman–Crippen MR) is 180 cm³/mol. The molecule has 0 bridgehead atoms. The number of hydrazine groups is 1. The van der Waals surface area contributed by atoms with Gasteiger partial charge in [0, 0.05) is 25.6 Å². The Labute approximate surface area is 270 Å².